The highest BCUT2D eigenvalue weighted by Crippen LogP contribution is 2.33. The van der Waals surface area contributed by atoms with Gasteiger partial charge in [0.25, 0.3) is 0 Å². The molecule has 0 aromatic rings. The third kappa shape index (κ3) is 17.7. The molecule has 0 aliphatic heterocycles. The number of esters is 1. The van der Waals surface area contributed by atoms with Gasteiger partial charge in [0.2, 0.25) is 0 Å². The van der Waals surface area contributed by atoms with Crippen molar-refractivity contribution in [1.29, 1.82) is 0 Å². The van der Waals surface area contributed by atoms with Gasteiger partial charge >= 0.3 is 13.6 Å². The Hall–Kier alpha value is -0.680. The van der Waals surface area contributed by atoms with Crippen molar-refractivity contribution in [3.8, 4) is 0 Å². The molecule has 0 spiro atoms. The Kier molecular flexibility index (Phi) is 9.20. The fourth-order valence-electron chi connectivity index (χ4n) is 0.685. The van der Waals surface area contributed by atoms with Crippen LogP contribution in [0.25, 0.3) is 0 Å². The Bertz CT molecular complexity index is 316. The minimum Gasteiger partial charge on any atom is -0.463 e. The zero-order valence-electron chi connectivity index (χ0n) is 11.8. The molecule has 0 heterocycles. The first-order chi connectivity index (χ1) is 7.89. The SMILES string of the molecule is C=C(C)C(=O)OCC.C[N+](C)(C)CCP(=O)(O)O. The first-order valence-corrected chi connectivity index (χ1v) is 7.36. The van der Waals surface area contributed by atoms with Crippen molar-refractivity contribution in [3.63, 3.8) is 0 Å². The van der Waals surface area contributed by atoms with E-state index >= 15 is 0 Å². The zero-order valence-corrected chi connectivity index (χ0v) is 12.7. The van der Waals surface area contributed by atoms with Gasteiger partial charge in [-0.15, -0.1) is 0 Å². The monoisotopic (exact) mass is 282 g/mol. The normalized spacial score (nSPS) is 11.3. The Morgan fingerprint density at radius 2 is 1.78 bits per heavy atom. The zero-order chi connectivity index (χ0) is 15.0. The number of rotatable bonds is 5. The summed E-state index contributed by atoms with van der Waals surface area (Å²) in [6.07, 6.45) is -0.0312. The molecule has 0 fully saturated rings. The molecule has 0 aliphatic carbocycles. The van der Waals surface area contributed by atoms with E-state index in [2.05, 4.69) is 11.3 Å². The van der Waals surface area contributed by atoms with Crippen LogP contribution in [0.2, 0.25) is 0 Å². The highest BCUT2D eigenvalue weighted by molar-refractivity contribution is 7.51. The molecular weight excluding hydrogens is 257 g/mol. The molecule has 2 N–H and O–H groups in total. The predicted octanol–water partition coefficient (Wildman–Crippen LogP) is 0.996. The lowest BCUT2D eigenvalue weighted by Gasteiger charge is -2.23. The van der Waals surface area contributed by atoms with Crippen LogP contribution in [0.15, 0.2) is 12.2 Å². The molecule has 0 bridgehead atoms. The van der Waals surface area contributed by atoms with E-state index in [9.17, 15) is 9.36 Å². The van der Waals surface area contributed by atoms with Crippen molar-refractivity contribution in [2.24, 2.45) is 0 Å². The highest BCUT2D eigenvalue weighted by atomic mass is 31.2. The van der Waals surface area contributed by atoms with Gasteiger partial charge in [-0.2, -0.15) is 0 Å². The summed E-state index contributed by atoms with van der Waals surface area (Å²) in [6.45, 7) is 7.71. The van der Waals surface area contributed by atoms with Gasteiger partial charge in [-0.05, 0) is 13.8 Å². The van der Waals surface area contributed by atoms with E-state index in [1.807, 2.05) is 21.1 Å². The molecule has 0 unspecified atom stereocenters. The molecule has 0 aromatic carbocycles. The summed E-state index contributed by atoms with van der Waals surface area (Å²) >= 11 is 0. The number of nitrogens with zero attached hydrogens (tertiary/aromatic N) is 1. The lowest BCUT2D eigenvalue weighted by Crippen LogP contribution is -2.36. The standard InChI is InChI=1S/C6H10O2.C5H14NO3P/c1-4-8-6(7)5(2)3;1-6(2,3)4-5-10(7,8)9/h2,4H2,1,3H3;4-5H2,1-3H3,(H-,7,8,9)/p+1. The molecule has 6 nitrogen and oxygen atoms in total. The lowest BCUT2D eigenvalue weighted by atomic mass is 10.4. The molecule has 0 rings (SSSR count). The first-order valence-electron chi connectivity index (χ1n) is 5.56. The Morgan fingerprint density at radius 3 is 1.89 bits per heavy atom. The third-order valence-electron chi connectivity index (χ3n) is 1.69. The molecule has 0 atom stereocenters. The summed E-state index contributed by atoms with van der Waals surface area (Å²) in [5.74, 6) is -0.312. The van der Waals surface area contributed by atoms with Crippen LogP contribution in [0.4, 0.5) is 0 Å². The van der Waals surface area contributed by atoms with Crippen molar-refractivity contribution in [3.05, 3.63) is 12.2 Å². The van der Waals surface area contributed by atoms with E-state index in [0.29, 0.717) is 23.2 Å². The lowest BCUT2D eigenvalue weighted by molar-refractivity contribution is -0.867. The van der Waals surface area contributed by atoms with Crippen LogP contribution in [-0.2, 0) is 14.1 Å². The number of ether oxygens (including phenoxy) is 1. The summed E-state index contributed by atoms with van der Waals surface area (Å²) < 4.78 is 15.5. The summed E-state index contributed by atoms with van der Waals surface area (Å²) in [4.78, 5) is 27.4. The van der Waals surface area contributed by atoms with Gasteiger partial charge in [0.05, 0.1) is 40.5 Å². The van der Waals surface area contributed by atoms with Gasteiger partial charge in [-0.3, -0.25) is 4.57 Å². The van der Waals surface area contributed by atoms with Crippen LogP contribution in [0.3, 0.4) is 0 Å². The smallest absolute Gasteiger partial charge is 0.333 e. The maximum atomic E-state index is 10.4. The van der Waals surface area contributed by atoms with Crippen molar-refractivity contribution in [1.82, 2.24) is 0 Å². The maximum absolute atomic E-state index is 10.4. The molecule has 7 heteroatoms. The van der Waals surface area contributed by atoms with E-state index in [0.717, 1.165) is 0 Å². The van der Waals surface area contributed by atoms with Gasteiger partial charge in [0.1, 0.15) is 0 Å². The molecule has 108 valence electrons. The van der Waals surface area contributed by atoms with Crippen LogP contribution in [0, 0.1) is 0 Å². The molecule has 18 heavy (non-hydrogen) atoms. The third-order valence-corrected chi connectivity index (χ3v) is 2.47. The molecule has 0 aliphatic rings. The number of quaternary nitrogens is 1. The highest BCUT2D eigenvalue weighted by Gasteiger charge is 2.18. The van der Waals surface area contributed by atoms with Crippen LogP contribution < -0.4 is 0 Å². The molecular formula is C11H25NO5P+. The second kappa shape index (κ2) is 8.43. The van der Waals surface area contributed by atoms with E-state index in [1.165, 1.54) is 0 Å². The summed E-state index contributed by atoms with van der Waals surface area (Å²) in [5.41, 5.74) is 0.451. The van der Waals surface area contributed by atoms with Crippen molar-refractivity contribution < 1.29 is 28.4 Å². The molecule has 0 aromatic heterocycles. The summed E-state index contributed by atoms with van der Waals surface area (Å²) in [6, 6.07) is 0. The van der Waals surface area contributed by atoms with Crippen molar-refractivity contribution in [2.75, 3.05) is 40.5 Å². The number of hydrogen-bond acceptors (Lipinski definition) is 3. The minimum atomic E-state index is -3.78. The maximum Gasteiger partial charge on any atom is 0.333 e. The van der Waals surface area contributed by atoms with Gasteiger partial charge in [0, 0.05) is 5.57 Å². The number of carbonyl (C=O) groups is 1. The fourth-order valence-corrected chi connectivity index (χ4v) is 1.55. The summed E-state index contributed by atoms with van der Waals surface area (Å²) in [5, 5.41) is 0. The Labute approximate surface area is 109 Å². The second-order valence-electron chi connectivity index (χ2n) is 4.90. The largest absolute Gasteiger partial charge is 0.463 e. The molecule has 0 saturated heterocycles. The van der Waals surface area contributed by atoms with Gasteiger partial charge in [-0.1, -0.05) is 6.58 Å². The predicted molar refractivity (Wildman–Crippen MR) is 71.3 cm³/mol. The van der Waals surface area contributed by atoms with Crippen LogP contribution in [0.5, 0.6) is 0 Å². The summed E-state index contributed by atoms with van der Waals surface area (Å²) in [7, 11) is 1.92. The average molecular weight is 282 g/mol. The topological polar surface area (TPSA) is 83.8 Å². The average Bonchev–Trinajstić information content (AvgIpc) is 2.14. The van der Waals surface area contributed by atoms with Gasteiger partial charge < -0.3 is 19.0 Å². The number of hydrogen-bond donors (Lipinski definition) is 2. The number of carbonyl (C=O) groups excluding carboxylic acids is 1. The van der Waals surface area contributed by atoms with E-state index in [-0.39, 0.29) is 12.1 Å². The van der Waals surface area contributed by atoms with E-state index in [4.69, 9.17) is 9.79 Å². The van der Waals surface area contributed by atoms with Crippen LogP contribution >= 0.6 is 7.60 Å². The Balaban J connectivity index is 0. The van der Waals surface area contributed by atoms with Crippen molar-refractivity contribution in [2.45, 2.75) is 13.8 Å². The van der Waals surface area contributed by atoms with Crippen LogP contribution in [-0.4, -0.2) is 60.7 Å². The Morgan fingerprint density at radius 1 is 1.33 bits per heavy atom. The first kappa shape index (κ1) is 19.7. The van der Waals surface area contributed by atoms with E-state index in [1.54, 1.807) is 13.8 Å². The van der Waals surface area contributed by atoms with Gasteiger partial charge in [-0.25, -0.2) is 4.79 Å². The quantitative estimate of drug-likeness (QED) is 0.340. The van der Waals surface area contributed by atoms with Gasteiger partial charge in [0.15, 0.2) is 0 Å². The van der Waals surface area contributed by atoms with Crippen molar-refractivity contribution >= 4 is 13.6 Å². The minimum absolute atomic E-state index is 0.0312. The second-order valence-corrected chi connectivity index (χ2v) is 6.68. The fraction of sp³-hybridized carbons (Fsp3) is 0.727. The molecule has 0 saturated carbocycles. The molecule has 0 amide bonds. The van der Waals surface area contributed by atoms with Crippen LogP contribution in [0.1, 0.15) is 13.8 Å². The van der Waals surface area contributed by atoms with E-state index < -0.39 is 7.60 Å². The molecule has 0 radical (unpaired) electrons.